The number of carbonyl (C=O) groups is 1. The predicted molar refractivity (Wildman–Crippen MR) is 164 cm³/mol. The molecule has 6 rings (SSSR count). The summed E-state index contributed by atoms with van der Waals surface area (Å²) in [5.41, 5.74) is 7.04. The maximum absolute atomic E-state index is 13.5. The lowest BCUT2D eigenvalue weighted by Crippen LogP contribution is -2.41. The third-order valence-corrected chi connectivity index (χ3v) is 11.0. The highest BCUT2D eigenvalue weighted by Gasteiger charge is 2.47. The molecule has 2 aromatic carbocycles. The summed E-state index contributed by atoms with van der Waals surface area (Å²) in [4.78, 5) is 23.2. The average molecular weight is 589 g/mol. The molecule has 1 atom stereocenters. The summed E-state index contributed by atoms with van der Waals surface area (Å²) in [6.45, 7) is 7.12. The van der Waals surface area contributed by atoms with Gasteiger partial charge in [0.15, 0.2) is 9.84 Å². The number of rotatable bonds is 7. The molecule has 222 valence electrons. The standard InChI is InChI=1S/C33H40N4O4S/c1-3-42(40,41)27-10-8-24(9-11-27)19-34-32(39)37-22-33(15-4-5-16-33)31-30(37)13-12-29(35-31)28-18-25(7-6-23(28)2)20-36-17-14-26(38)21-36/h6-13,18,26,38H,3-5,14-17,19-22H2,1-2H3,(H,34,39). The molecule has 2 N–H and O–H groups in total. The zero-order chi connectivity index (χ0) is 29.5. The Morgan fingerprint density at radius 3 is 2.50 bits per heavy atom. The van der Waals surface area contributed by atoms with E-state index in [1.54, 1.807) is 31.2 Å². The lowest BCUT2D eigenvalue weighted by molar-refractivity contribution is 0.175. The van der Waals surface area contributed by atoms with Gasteiger partial charge in [-0.25, -0.2) is 18.2 Å². The molecular weight excluding hydrogens is 548 g/mol. The lowest BCUT2D eigenvalue weighted by Gasteiger charge is -2.24. The second kappa shape index (κ2) is 11.4. The zero-order valence-electron chi connectivity index (χ0n) is 24.5. The van der Waals surface area contributed by atoms with Crippen LogP contribution in [0.4, 0.5) is 10.5 Å². The number of nitrogens with zero attached hydrogens (tertiary/aromatic N) is 3. The number of aromatic nitrogens is 1. The van der Waals surface area contributed by atoms with E-state index in [1.807, 2.05) is 11.0 Å². The highest BCUT2D eigenvalue weighted by Crippen LogP contribution is 2.50. The highest BCUT2D eigenvalue weighted by molar-refractivity contribution is 7.91. The number of aliphatic hydroxyl groups is 1. The molecule has 1 aliphatic carbocycles. The third kappa shape index (κ3) is 5.57. The number of β-amino-alcohol motifs (C(OH)–C–C–N with tert-alkyl or cyclic N) is 1. The van der Waals surface area contributed by atoms with Gasteiger partial charge >= 0.3 is 6.03 Å². The van der Waals surface area contributed by atoms with Crippen LogP contribution < -0.4 is 10.2 Å². The van der Waals surface area contributed by atoms with Gasteiger partial charge in [0.2, 0.25) is 0 Å². The van der Waals surface area contributed by atoms with Crippen molar-refractivity contribution >= 4 is 21.6 Å². The average Bonchev–Trinajstić information content (AvgIpc) is 3.72. The van der Waals surface area contributed by atoms with Gasteiger partial charge in [-0.15, -0.1) is 0 Å². The Kier molecular flexibility index (Phi) is 7.85. The van der Waals surface area contributed by atoms with Gasteiger partial charge in [-0.2, -0.15) is 0 Å². The second-order valence-electron chi connectivity index (χ2n) is 12.2. The minimum absolute atomic E-state index is 0.0591. The number of benzene rings is 2. The van der Waals surface area contributed by atoms with Gasteiger partial charge in [0, 0.05) is 43.7 Å². The summed E-state index contributed by atoms with van der Waals surface area (Å²) in [6, 6.07) is 17.2. The SMILES string of the molecule is CCS(=O)(=O)c1ccc(CNC(=O)N2CC3(CCCC3)c3nc(-c4cc(CN5CCC(O)C5)ccc4C)ccc32)cc1. The number of sulfone groups is 1. The van der Waals surface area contributed by atoms with Crippen LogP contribution in [0.25, 0.3) is 11.3 Å². The number of nitrogens with one attached hydrogen (secondary N) is 1. The molecule has 1 saturated carbocycles. The molecule has 2 aliphatic heterocycles. The quantitative estimate of drug-likeness (QED) is 0.405. The molecule has 8 nitrogen and oxygen atoms in total. The van der Waals surface area contributed by atoms with E-state index in [1.165, 1.54) is 11.1 Å². The first-order valence-corrected chi connectivity index (χ1v) is 16.7. The first-order chi connectivity index (χ1) is 20.2. The molecule has 3 heterocycles. The molecule has 2 fully saturated rings. The van der Waals surface area contributed by atoms with Gasteiger partial charge in [0.05, 0.1) is 33.8 Å². The normalized spacial score (nSPS) is 19.9. The Morgan fingerprint density at radius 1 is 1.07 bits per heavy atom. The fraction of sp³-hybridized carbons (Fsp3) is 0.455. The number of carbonyl (C=O) groups excluding carboxylic acids is 1. The van der Waals surface area contributed by atoms with Crippen molar-refractivity contribution in [2.45, 2.75) is 75.5 Å². The third-order valence-electron chi connectivity index (χ3n) is 9.27. The Labute approximate surface area is 248 Å². The van der Waals surface area contributed by atoms with Gasteiger partial charge in [-0.3, -0.25) is 9.80 Å². The molecule has 9 heteroatoms. The van der Waals surface area contributed by atoms with E-state index < -0.39 is 9.84 Å². The van der Waals surface area contributed by atoms with Gasteiger partial charge in [-0.05, 0) is 73.2 Å². The number of fused-ring (bicyclic) bond motifs is 2. The number of aliphatic hydroxyl groups excluding tert-OH is 1. The largest absolute Gasteiger partial charge is 0.392 e. The van der Waals surface area contributed by atoms with Crippen LogP contribution in [-0.2, 0) is 28.3 Å². The van der Waals surface area contributed by atoms with E-state index in [4.69, 9.17) is 4.98 Å². The van der Waals surface area contributed by atoms with Crippen molar-refractivity contribution in [3.63, 3.8) is 0 Å². The van der Waals surface area contributed by atoms with Crippen LogP contribution in [0, 0.1) is 6.92 Å². The van der Waals surface area contributed by atoms with Crippen molar-refractivity contribution in [1.29, 1.82) is 0 Å². The summed E-state index contributed by atoms with van der Waals surface area (Å²) in [5.74, 6) is 0.0591. The maximum atomic E-state index is 13.5. The molecule has 1 spiro atoms. The van der Waals surface area contributed by atoms with E-state index in [9.17, 15) is 18.3 Å². The number of hydrogen-bond acceptors (Lipinski definition) is 6. The fourth-order valence-corrected chi connectivity index (χ4v) is 7.70. The van der Waals surface area contributed by atoms with E-state index >= 15 is 0 Å². The van der Waals surface area contributed by atoms with Crippen LogP contribution >= 0.6 is 0 Å². The monoisotopic (exact) mass is 588 g/mol. The van der Waals surface area contributed by atoms with Crippen LogP contribution in [0.1, 0.15) is 61.4 Å². The molecule has 1 saturated heterocycles. The van der Waals surface area contributed by atoms with Crippen LogP contribution in [0.5, 0.6) is 0 Å². The molecule has 3 aliphatic rings. The van der Waals surface area contributed by atoms with Crippen molar-refractivity contribution in [3.8, 4) is 11.3 Å². The number of aryl methyl sites for hydroxylation is 1. The number of hydrogen-bond donors (Lipinski definition) is 2. The fourth-order valence-electron chi connectivity index (χ4n) is 6.81. The number of urea groups is 1. The van der Waals surface area contributed by atoms with Gasteiger partial charge in [0.25, 0.3) is 0 Å². The summed E-state index contributed by atoms with van der Waals surface area (Å²) < 4.78 is 24.3. The number of anilines is 1. The van der Waals surface area contributed by atoms with Crippen LogP contribution in [0.2, 0.25) is 0 Å². The summed E-state index contributed by atoms with van der Waals surface area (Å²) in [7, 11) is -3.26. The van der Waals surface area contributed by atoms with Crippen molar-refractivity contribution < 1.29 is 18.3 Å². The summed E-state index contributed by atoms with van der Waals surface area (Å²) in [5, 5.41) is 13.0. The summed E-state index contributed by atoms with van der Waals surface area (Å²) in [6.07, 6.45) is 4.88. The summed E-state index contributed by atoms with van der Waals surface area (Å²) >= 11 is 0. The first-order valence-electron chi connectivity index (χ1n) is 15.1. The Balaban J connectivity index is 1.23. The number of amides is 2. The highest BCUT2D eigenvalue weighted by atomic mass is 32.2. The molecule has 0 bridgehead atoms. The predicted octanol–water partition coefficient (Wildman–Crippen LogP) is 4.96. The van der Waals surface area contributed by atoms with Crippen molar-refractivity contribution in [2.75, 3.05) is 30.3 Å². The number of likely N-dealkylation sites (tertiary alicyclic amines) is 1. The zero-order valence-corrected chi connectivity index (χ0v) is 25.3. The van der Waals surface area contributed by atoms with Crippen LogP contribution in [-0.4, -0.2) is 60.9 Å². The molecule has 1 aromatic heterocycles. The Morgan fingerprint density at radius 2 is 1.81 bits per heavy atom. The maximum Gasteiger partial charge on any atom is 0.322 e. The molecule has 0 radical (unpaired) electrons. The number of pyridine rings is 1. The van der Waals surface area contributed by atoms with Gasteiger partial charge in [-0.1, -0.05) is 44.0 Å². The van der Waals surface area contributed by atoms with E-state index in [0.717, 1.165) is 73.4 Å². The second-order valence-corrected chi connectivity index (χ2v) is 14.4. The van der Waals surface area contributed by atoms with Crippen LogP contribution in [0.15, 0.2) is 59.5 Å². The van der Waals surface area contributed by atoms with E-state index in [0.29, 0.717) is 24.5 Å². The van der Waals surface area contributed by atoms with E-state index in [-0.39, 0.29) is 23.3 Å². The molecule has 3 aromatic rings. The first kappa shape index (κ1) is 28.8. The Hall–Kier alpha value is -3.27. The van der Waals surface area contributed by atoms with Gasteiger partial charge < -0.3 is 10.4 Å². The minimum atomic E-state index is -3.26. The Bertz CT molecular complexity index is 1580. The van der Waals surface area contributed by atoms with Crippen molar-refractivity contribution in [1.82, 2.24) is 15.2 Å². The minimum Gasteiger partial charge on any atom is -0.392 e. The van der Waals surface area contributed by atoms with E-state index in [2.05, 4.69) is 41.4 Å². The molecule has 2 amide bonds. The van der Waals surface area contributed by atoms with Gasteiger partial charge in [0.1, 0.15) is 0 Å². The van der Waals surface area contributed by atoms with Crippen molar-refractivity contribution in [2.24, 2.45) is 0 Å². The topological polar surface area (TPSA) is 103 Å². The molecule has 42 heavy (non-hydrogen) atoms. The molecular formula is C33H40N4O4S. The molecule has 1 unspecified atom stereocenters. The lowest BCUT2D eigenvalue weighted by atomic mass is 9.84. The smallest absolute Gasteiger partial charge is 0.322 e. The van der Waals surface area contributed by atoms with Crippen molar-refractivity contribution in [3.05, 3.63) is 77.0 Å². The van der Waals surface area contributed by atoms with Crippen LogP contribution in [0.3, 0.4) is 0 Å².